The van der Waals surface area contributed by atoms with Gasteiger partial charge >= 0.3 is 0 Å². The molecule has 1 aromatic carbocycles. The zero-order chi connectivity index (χ0) is 15.0. The molecule has 2 rings (SSSR count). The molecular weight excluding hydrogens is 248 g/mol. The summed E-state index contributed by atoms with van der Waals surface area (Å²) >= 11 is 0. The highest BCUT2D eigenvalue weighted by atomic mass is 16.5. The maximum Gasteiger partial charge on any atom is 0.292 e. The van der Waals surface area contributed by atoms with E-state index in [9.17, 15) is 5.21 Å². The van der Waals surface area contributed by atoms with E-state index in [4.69, 9.17) is 10.2 Å². The Balaban J connectivity index is 0.000000741. The lowest BCUT2D eigenvalue weighted by Gasteiger charge is -2.08. The van der Waals surface area contributed by atoms with Crippen molar-refractivity contribution in [1.82, 2.24) is 10.1 Å². The number of fused-ring (bicyclic) bond motifs is 1. The first kappa shape index (κ1) is 17.0. The van der Waals surface area contributed by atoms with Gasteiger partial charge in [-0.25, -0.2) is 4.98 Å². The monoisotopic (exact) mass is 266 g/mol. The number of hydrogen-bond acceptors (Lipinski definition) is 6. The van der Waals surface area contributed by atoms with Crippen LogP contribution in [0.4, 0.5) is 5.95 Å². The van der Waals surface area contributed by atoms with Crippen molar-refractivity contribution >= 4 is 17.0 Å². The number of aryl methyl sites for hydroxylation is 1. The Morgan fingerprint density at radius 3 is 2.21 bits per heavy atom. The molecule has 1 heterocycles. The highest BCUT2D eigenvalue weighted by Crippen LogP contribution is 2.11. The van der Waals surface area contributed by atoms with E-state index >= 15 is 0 Å². The van der Waals surface area contributed by atoms with Gasteiger partial charge in [0.05, 0.1) is 5.10 Å². The van der Waals surface area contributed by atoms with E-state index < -0.39 is 0 Å². The highest BCUT2D eigenvalue weighted by Gasteiger charge is 2.11. The van der Waals surface area contributed by atoms with Crippen molar-refractivity contribution in [3.05, 3.63) is 29.0 Å². The first-order chi connectivity index (χ1) is 9.08. The van der Waals surface area contributed by atoms with Gasteiger partial charge in [-0.2, -0.15) is 14.2 Å². The molecule has 0 unspecified atom stereocenters. The molecule has 1 aromatic heterocycles. The summed E-state index contributed by atoms with van der Waals surface area (Å²) in [5, 5.41) is 31.9. The Morgan fingerprint density at radius 2 is 1.68 bits per heavy atom. The van der Waals surface area contributed by atoms with Gasteiger partial charge in [-0.15, -0.1) is 0 Å². The number of nitrogens with zero attached hydrogens (tertiary/aromatic N) is 4. The van der Waals surface area contributed by atoms with E-state index in [1.165, 1.54) is 0 Å². The van der Waals surface area contributed by atoms with Crippen LogP contribution in [0.2, 0.25) is 0 Å². The Labute approximate surface area is 112 Å². The van der Waals surface area contributed by atoms with Crippen LogP contribution in [0.5, 0.6) is 0 Å². The molecule has 0 N–H and O–H groups in total. The third-order valence-electron chi connectivity index (χ3n) is 2.14. The van der Waals surface area contributed by atoms with E-state index in [0.717, 1.165) is 19.8 Å². The van der Waals surface area contributed by atoms with E-state index in [2.05, 4.69) is 10.1 Å². The van der Waals surface area contributed by atoms with Gasteiger partial charge in [0.25, 0.3) is 11.5 Å². The van der Waals surface area contributed by atoms with Gasteiger partial charge in [0.15, 0.2) is 0 Å². The van der Waals surface area contributed by atoms with Crippen LogP contribution in [-0.2, 0) is 0 Å². The zero-order valence-electron chi connectivity index (χ0n) is 11.7. The number of rotatable bonds is 1. The molecule has 7 nitrogen and oxygen atoms in total. The number of hydrogen-bond donors (Lipinski definition) is 0. The standard InChI is InChI=1S/C10H12N4O.2CH3O/c1-7-4-5-8-9(6-7)14(15)12-10(11-8)13(2)3;2*1-2/h4-6H,1-3H3;2*1H3/q;2*-1. The van der Waals surface area contributed by atoms with Crippen LogP contribution in [0.15, 0.2) is 18.2 Å². The second kappa shape index (κ2) is 8.17. The average molecular weight is 266 g/mol. The molecule has 0 saturated heterocycles. The summed E-state index contributed by atoms with van der Waals surface area (Å²) in [5.41, 5.74) is 2.18. The van der Waals surface area contributed by atoms with E-state index in [1.807, 2.05) is 19.1 Å². The summed E-state index contributed by atoms with van der Waals surface area (Å²) in [6, 6.07) is 5.53. The minimum atomic E-state index is 0.418. The molecule has 19 heavy (non-hydrogen) atoms. The molecule has 0 amide bonds. The Bertz CT molecular complexity index is 518. The molecule has 0 fully saturated rings. The van der Waals surface area contributed by atoms with E-state index in [1.54, 1.807) is 25.1 Å². The van der Waals surface area contributed by atoms with Gasteiger partial charge in [0.2, 0.25) is 0 Å². The van der Waals surface area contributed by atoms with Crippen LogP contribution in [-0.4, -0.2) is 38.4 Å². The molecule has 0 aliphatic heterocycles. The second-order valence-corrected chi connectivity index (χ2v) is 3.67. The molecule has 7 heteroatoms. The van der Waals surface area contributed by atoms with Crippen molar-refractivity contribution in [3.8, 4) is 0 Å². The molecule has 0 saturated carbocycles. The number of anilines is 1. The second-order valence-electron chi connectivity index (χ2n) is 3.67. The normalized spacial score (nSPS) is 9.00. The van der Waals surface area contributed by atoms with Crippen molar-refractivity contribution in [1.29, 1.82) is 0 Å². The van der Waals surface area contributed by atoms with Gasteiger partial charge in [-0.3, -0.25) is 0 Å². The predicted molar refractivity (Wildman–Crippen MR) is 69.4 cm³/mol. The average Bonchev–Trinajstić information content (AvgIpc) is 2.44. The fourth-order valence-corrected chi connectivity index (χ4v) is 1.34. The van der Waals surface area contributed by atoms with Crippen LogP contribution in [0.1, 0.15) is 5.56 Å². The Kier molecular flexibility index (Phi) is 7.32. The van der Waals surface area contributed by atoms with Crippen LogP contribution in [0.3, 0.4) is 0 Å². The number of benzene rings is 1. The Hall–Kier alpha value is -1.99. The number of aromatic nitrogens is 3. The van der Waals surface area contributed by atoms with Gasteiger partial charge < -0.3 is 20.3 Å². The van der Waals surface area contributed by atoms with Crippen LogP contribution < -0.4 is 20.0 Å². The molecule has 2 aromatic rings. The zero-order valence-corrected chi connectivity index (χ0v) is 11.7. The lowest BCUT2D eigenvalue weighted by atomic mass is 10.2. The smallest absolute Gasteiger partial charge is 0.292 e. The molecule has 0 bridgehead atoms. The molecule has 0 atom stereocenters. The maximum atomic E-state index is 11.6. The lowest BCUT2D eigenvalue weighted by molar-refractivity contribution is -0.641. The first-order valence-electron chi connectivity index (χ1n) is 5.45. The van der Waals surface area contributed by atoms with Crippen LogP contribution in [0.25, 0.3) is 11.0 Å². The fourth-order valence-electron chi connectivity index (χ4n) is 1.34. The molecular formula is C12H18N4O3-2. The van der Waals surface area contributed by atoms with Crippen molar-refractivity contribution in [2.45, 2.75) is 6.92 Å². The van der Waals surface area contributed by atoms with Crippen molar-refractivity contribution < 1.29 is 15.1 Å². The van der Waals surface area contributed by atoms with E-state index in [-0.39, 0.29) is 0 Å². The maximum absolute atomic E-state index is 11.6. The van der Waals surface area contributed by atoms with Gasteiger partial charge in [0, 0.05) is 20.2 Å². The lowest BCUT2D eigenvalue weighted by Crippen LogP contribution is -2.35. The van der Waals surface area contributed by atoms with Crippen molar-refractivity contribution in [2.24, 2.45) is 0 Å². The quantitative estimate of drug-likeness (QED) is 0.464. The molecule has 0 aliphatic carbocycles. The molecule has 0 aliphatic rings. The SMILES string of the molecule is C[O-].C[O-].Cc1ccc2nc(N(C)C)n[n+]([O-])c2c1. The summed E-state index contributed by atoms with van der Waals surface area (Å²) in [4.78, 5) is 6.59. The van der Waals surface area contributed by atoms with Crippen LogP contribution in [0, 0.1) is 12.1 Å². The summed E-state index contributed by atoms with van der Waals surface area (Å²) in [5.74, 6) is 0.418. The minimum Gasteiger partial charge on any atom is -0.857 e. The highest BCUT2D eigenvalue weighted by molar-refractivity contribution is 5.72. The summed E-state index contributed by atoms with van der Waals surface area (Å²) in [6.45, 7) is 1.93. The molecule has 106 valence electrons. The third-order valence-corrected chi connectivity index (χ3v) is 2.14. The summed E-state index contributed by atoms with van der Waals surface area (Å²) in [7, 11) is 5.10. The van der Waals surface area contributed by atoms with E-state index in [0.29, 0.717) is 21.8 Å². The fraction of sp³-hybridized carbons (Fsp3) is 0.417. The van der Waals surface area contributed by atoms with Gasteiger partial charge in [-0.1, -0.05) is 6.07 Å². The summed E-state index contributed by atoms with van der Waals surface area (Å²) in [6.07, 6.45) is 0. The minimum absolute atomic E-state index is 0.418. The van der Waals surface area contributed by atoms with Gasteiger partial charge in [-0.05, 0) is 23.4 Å². The third kappa shape index (κ3) is 4.31. The molecule has 0 spiro atoms. The Morgan fingerprint density at radius 1 is 1.11 bits per heavy atom. The first-order valence-corrected chi connectivity index (χ1v) is 5.45. The van der Waals surface area contributed by atoms with Crippen molar-refractivity contribution in [3.63, 3.8) is 0 Å². The van der Waals surface area contributed by atoms with Crippen molar-refractivity contribution in [2.75, 3.05) is 33.2 Å². The topological polar surface area (TPSA) is 102 Å². The molecule has 0 radical (unpaired) electrons. The summed E-state index contributed by atoms with van der Waals surface area (Å²) < 4.78 is 0. The predicted octanol–water partition coefficient (Wildman–Crippen LogP) is -1.41. The van der Waals surface area contributed by atoms with Gasteiger partial charge in [0.1, 0.15) is 5.52 Å². The largest absolute Gasteiger partial charge is 0.857 e. The van der Waals surface area contributed by atoms with Crippen LogP contribution >= 0.6 is 0 Å².